The highest BCUT2D eigenvalue weighted by atomic mass is 32.2. The van der Waals surface area contributed by atoms with Crippen molar-refractivity contribution < 1.29 is 13.2 Å². The number of benzene rings is 2. The Morgan fingerprint density at radius 2 is 1.74 bits per heavy atom. The van der Waals surface area contributed by atoms with Gasteiger partial charge in [0.1, 0.15) is 0 Å². The van der Waals surface area contributed by atoms with Crippen molar-refractivity contribution in [2.45, 2.75) is 50.5 Å². The van der Waals surface area contributed by atoms with Gasteiger partial charge in [-0.1, -0.05) is 18.2 Å². The van der Waals surface area contributed by atoms with Crippen molar-refractivity contribution in [1.29, 1.82) is 0 Å². The number of carbonyl (C=O) groups excluding carboxylic acids is 1. The third-order valence-corrected chi connectivity index (χ3v) is 8.39. The van der Waals surface area contributed by atoms with Crippen molar-refractivity contribution in [1.82, 2.24) is 24.6 Å². The van der Waals surface area contributed by atoms with Crippen LogP contribution >= 0.6 is 0 Å². The number of hydrogen-bond donors (Lipinski definition) is 3. The third-order valence-electron chi connectivity index (χ3n) is 6.64. The predicted molar refractivity (Wildman–Crippen MR) is 153 cm³/mol. The fraction of sp³-hybridized carbons (Fsp3) is 0.345. The molecular formula is C29H34N6O3S. The van der Waals surface area contributed by atoms with Crippen LogP contribution in [0.1, 0.15) is 50.4 Å². The molecule has 0 spiro atoms. The number of nitrogens with zero attached hydrogens (tertiary/aromatic N) is 3. The molecule has 4 aromatic rings. The lowest BCUT2D eigenvalue weighted by Crippen LogP contribution is -2.40. The Labute approximate surface area is 229 Å². The molecule has 204 valence electrons. The van der Waals surface area contributed by atoms with Crippen molar-refractivity contribution in [2.75, 3.05) is 18.4 Å². The van der Waals surface area contributed by atoms with Gasteiger partial charge in [-0.3, -0.25) is 4.79 Å². The molecule has 0 saturated carbocycles. The molecule has 2 aromatic carbocycles. The zero-order valence-electron chi connectivity index (χ0n) is 22.4. The molecule has 10 heteroatoms. The van der Waals surface area contributed by atoms with E-state index in [2.05, 4.69) is 25.4 Å². The maximum Gasteiger partial charge on any atom is 0.247 e. The zero-order valence-corrected chi connectivity index (χ0v) is 23.3. The summed E-state index contributed by atoms with van der Waals surface area (Å²) in [7, 11) is -3.69. The number of Topliss-reactive ketones (excluding diaryl/α,β-unsaturated/α-hetero) is 1. The van der Waals surface area contributed by atoms with Crippen LogP contribution in [0.15, 0.2) is 71.6 Å². The van der Waals surface area contributed by atoms with Gasteiger partial charge < -0.3 is 10.6 Å². The van der Waals surface area contributed by atoms with Gasteiger partial charge in [0.25, 0.3) is 0 Å². The first-order valence-corrected chi connectivity index (χ1v) is 14.7. The summed E-state index contributed by atoms with van der Waals surface area (Å²) in [6, 6.07) is 19.7. The summed E-state index contributed by atoms with van der Waals surface area (Å²) in [6.07, 6.45) is 2.67. The second kappa shape index (κ2) is 10.9. The van der Waals surface area contributed by atoms with Crippen LogP contribution in [0.4, 0.5) is 11.6 Å². The van der Waals surface area contributed by atoms with Crippen LogP contribution in [0.3, 0.4) is 0 Å². The average Bonchev–Trinajstić information content (AvgIpc) is 3.31. The van der Waals surface area contributed by atoms with Gasteiger partial charge in [0.2, 0.25) is 16.0 Å². The molecular weight excluding hydrogens is 512 g/mol. The van der Waals surface area contributed by atoms with Gasteiger partial charge in [0.05, 0.1) is 10.6 Å². The number of anilines is 2. The second-order valence-corrected chi connectivity index (χ2v) is 12.7. The average molecular weight is 547 g/mol. The molecule has 1 aliphatic rings. The van der Waals surface area contributed by atoms with Crippen LogP contribution in [0, 0.1) is 5.92 Å². The number of sulfonamides is 1. The molecule has 0 amide bonds. The number of fused-ring (bicyclic) bond motifs is 1. The summed E-state index contributed by atoms with van der Waals surface area (Å²) >= 11 is 0. The monoisotopic (exact) mass is 546 g/mol. The molecule has 2 aromatic heterocycles. The molecule has 39 heavy (non-hydrogen) atoms. The number of aromatic nitrogens is 3. The van der Waals surface area contributed by atoms with Crippen LogP contribution in [0.25, 0.3) is 16.9 Å². The summed E-state index contributed by atoms with van der Waals surface area (Å²) in [6.45, 7) is 7.38. The number of hydrogen-bond acceptors (Lipinski definition) is 7. The van der Waals surface area contributed by atoms with E-state index in [9.17, 15) is 13.2 Å². The van der Waals surface area contributed by atoms with Gasteiger partial charge in [-0.25, -0.2) is 17.7 Å². The summed E-state index contributed by atoms with van der Waals surface area (Å²) in [5.41, 5.74) is 2.90. The first-order valence-electron chi connectivity index (χ1n) is 13.2. The number of piperidine rings is 1. The Kier molecular flexibility index (Phi) is 7.53. The van der Waals surface area contributed by atoms with Crippen LogP contribution in [0.5, 0.6) is 0 Å². The van der Waals surface area contributed by atoms with Gasteiger partial charge in [-0.05, 0) is 101 Å². The SMILES string of the molecule is CC(C)(C)NS(=O)(=O)c1cccc(-c2cccc3nc(Nc4ccc(C(=O)CC5CCNCC5)cc4)nn23)c1. The highest BCUT2D eigenvalue weighted by Crippen LogP contribution is 2.26. The minimum Gasteiger partial charge on any atom is -0.323 e. The molecule has 9 nitrogen and oxygen atoms in total. The molecule has 0 aliphatic carbocycles. The van der Waals surface area contributed by atoms with Gasteiger partial charge in [0.15, 0.2) is 11.4 Å². The van der Waals surface area contributed by atoms with E-state index in [0.29, 0.717) is 40.8 Å². The highest BCUT2D eigenvalue weighted by Gasteiger charge is 2.23. The number of carbonyl (C=O) groups is 1. The van der Waals surface area contributed by atoms with E-state index in [1.165, 1.54) is 0 Å². The molecule has 3 heterocycles. The van der Waals surface area contributed by atoms with E-state index in [-0.39, 0.29) is 10.7 Å². The molecule has 1 saturated heterocycles. The lowest BCUT2D eigenvalue weighted by Gasteiger charge is -2.21. The molecule has 1 aliphatic heterocycles. The lowest BCUT2D eigenvalue weighted by molar-refractivity contribution is 0.0952. The van der Waals surface area contributed by atoms with Crippen LogP contribution in [-0.4, -0.2) is 47.4 Å². The van der Waals surface area contributed by atoms with E-state index < -0.39 is 15.6 Å². The van der Waals surface area contributed by atoms with Gasteiger partial charge >= 0.3 is 0 Å². The topological polar surface area (TPSA) is 117 Å². The van der Waals surface area contributed by atoms with E-state index in [0.717, 1.165) is 31.6 Å². The quantitative estimate of drug-likeness (QED) is 0.272. The van der Waals surface area contributed by atoms with Crippen molar-refractivity contribution in [3.05, 3.63) is 72.3 Å². The molecule has 1 fully saturated rings. The van der Waals surface area contributed by atoms with Gasteiger partial charge in [-0.2, -0.15) is 4.98 Å². The highest BCUT2D eigenvalue weighted by molar-refractivity contribution is 7.89. The second-order valence-electron chi connectivity index (χ2n) is 11.0. The minimum absolute atomic E-state index is 0.172. The van der Waals surface area contributed by atoms with E-state index in [1.807, 2.05) is 48.5 Å². The number of pyridine rings is 1. The Balaban J connectivity index is 1.35. The maximum absolute atomic E-state index is 12.9. The molecule has 0 radical (unpaired) electrons. The van der Waals surface area contributed by atoms with E-state index in [4.69, 9.17) is 0 Å². The van der Waals surface area contributed by atoms with Crippen molar-refractivity contribution in [3.8, 4) is 11.3 Å². The minimum atomic E-state index is -3.69. The smallest absolute Gasteiger partial charge is 0.247 e. The Morgan fingerprint density at radius 1 is 1.03 bits per heavy atom. The van der Waals surface area contributed by atoms with Crippen molar-refractivity contribution in [3.63, 3.8) is 0 Å². The largest absolute Gasteiger partial charge is 0.323 e. The molecule has 5 rings (SSSR count). The molecule has 0 bridgehead atoms. The van der Waals surface area contributed by atoms with Gasteiger partial charge in [-0.15, -0.1) is 5.10 Å². The molecule has 3 N–H and O–H groups in total. The third kappa shape index (κ3) is 6.52. The van der Waals surface area contributed by atoms with Crippen LogP contribution < -0.4 is 15.4 Å². The summed E-state index contributed by atoms with van der Waals surface area (Å²) in [4.78, 5) is 17.5. The van der Waals surface area contributed by atoms with Crippen LogP contribution in [-0.2, 0) is 10.0 Å². The fourth-order valence-electron chi connectivity index (χ4n) is 4.80. The lowest BCUT2D eigenvalue weighted by atomic mass is 9.90. The van der Waals surface area contributed by atoms with Gasteiger partial charge in [0, 0.05) is 28.8 Å². The number of rotatable bonds is 8. The van der Waals surface area contributed by atoms with Crippen molar-refractivity contribution in [2.24, 2.45) is 5.92 Å². The Morgan fingerprint density at radius 3 is 2.46 bits per heavy atom. The first kappa shape index (κ1) is 27.0. The normalized spacial score (nSPS) is 14.9. The maximum atomic E-state index is 12.9. The first-order chi connectivity index (χ1) is 18.6. The predicted octanol–water partition coefficient (Wildman–Crippen LogP) is 4.79. The Bertz CT molecular complexity index is 1580. The fourth-order valence-corrected chi connectivity index (χ4v) is 6.26. The Hall–Kier alpha value is -3.60. The molecule has 0 unspecified atom stereocenters. The molecule has 0 atom stereocenters. The standard InChI is InChI=1S/C29H34N6O3S/c1-29(2,3)34-39(37,38)24-7-4-6-22(19-24)25-8-5-9-27-32-28(33-35(25)27)31-23-12-10-21(11-13-23)26(36)18-20-14-16-30-17-15-20/h4-13,19-20,30,34H,14-18H2,1-3H3,(H,31,33). The summed E-state index contributed by atoms with van der Waals surface area (Å²) in [5.74, 6) is 1.02. The van der Waals surface area contributed by atoms with Crippen molar-refractivity contribution >= 4 is 33.1 Å². The van der Waals surface area contributed by atoms with Crippen LogP contribution in [0.2, 0.25) is 0 Å². The number of ketones is 1. The summed E-state index contributed by atoms with van der Waals surface area (Å²) < 4.78 is 30.2. The number of nitrogens with one attached hydrogen (secondary N) is 3. The zero-order chi connectivity index (χ0) is 27.6. The van der Waals surface area contributed by atoms with E-state index >= 15 is 0 Å². The summed E-state index contributed by atoms with van der Waals surface area (Å²) in [5, 5.41) is 11.2. The van der Waals surface area contributed by atoms with E-state index in [1.54, 1.807) is 43.5 Å².